The standard InChI is InChI=1S/C61H46N6O5/c1-41-10-17-50(38-59(41)65-60(69)70)64-61(71)72-58-34-13-43(14-35-58)40-63-49-20-26-52(27-21-49)67(56-23-16-45-7-3-5-9-47(45)37-56)54-30-28-53(29-31-54)66(55-22-15-44-6-2-4-8-46(44)36-55)51-24-18-48(19-25-51)62-39-42-11-32-57(68)33-12-42/h2-40,65,68H,1H3,(H,64,71)(H,69,70). The zero-order chi connectivity index (χ0) is 49.4. The molecule has 11 nitrogen and oxygen atoms in total. The smallest absolute Gasteiger partial charge is 0.417 e. The van der Waals surface area contributed by atoms with Crippen molar-refractivity contribution >= 4 is 103 Å². The molecule has 10 rings (SSSR count). The van der Waals surface area contributed by atoms with Crippen LogP contribution < -0.4 is 25.2 Å². The Kier molecular flexibility index (Phi) is 13.2. The number of hydrogen-bond acceptors (Lipinski definition) is 8. The van der Waals surface area contributed by atoms with Crippen LogP contribution in [0.2, 0.25) is 0 Å². The Morgan fingerprint density at radius 1 is 0.472 bits per heavy atom. The zero-order valence-electron chi connectivity index (χ0n) is 38.9. The van der Waals surface area contributed by atoms with Gasteiger partial charge in [-0.2, -0.15) is 0 Å². The average molecular weight is 943 g/mol. The van der Waals surface area contributed by atoms with E-state index in [4.69, 9.17) is 19.8 Å². The molecule has 350 valence electrons. The van der Waals surface area contributed by atoms with E-state index in [0.29, 0.717) is 22.7 Å². The Hall–Kier alpha value is -10.0. The van der Waals surface area contributed by atoms with Crippen LogP contribution in [-0.4, -0.2) is 34.8 Å². The summed E-state index contributed by atoms with van der Waals surface area (Å²) in [4.78, 5) is 37.7. The van der Waals surface area contributed by atoms with Crippen LogP contribution in [0.25, 0.3) is 21.5 Å². The number of amides is 2. The summed E-state index contributed by atoms with van der Waals surface area (Å²) in [5, 5.41) is 28.3. The van der Waals surface area contributed by atoms with E-state index in [1.54, 1.807) is 67.9 Å². The van der Waals surface area contributed by atoms with Gasteiger partial charge in [-0.25, -0.2) is 9.59 Å². The van der Waals surface area contributed by atoms with Crippen LogP contribution in [0.1, 0.15) is 16.7 Å². The number of ether oxygens (including phenoxy) is 1. The molecule has 0 aliphatic heterocycles. The fraction of sp³-hybridized carbons (Fsp3) is 0.0164. The fourth-order valence-corrected chi connectivity index (χ4v) is 8.33. The van der Waals surface area contributed by atoms with Gasteiger partial charge < -0.3 is 24.7 Å². The molecule has 10 aromatic carbocycles. The highest BCUT2D eigenvalue weighted by Gasteiger charge is 2.18. The highest BCUT2D eigenvalue weighted by Crippen LogP contribution is 2.41. The molecule has 0 unspecified atom stereocenters. The van der Waals surface area contributed by atoms with Crippen LogP contribution in [0.15, 0.2) is 234 Å². The van der Waals surface area contributed by atoms with Crippen molar-refractivity contribution in [2.45, 2.75) is 6.92 Å². The first kappa shape index (κ1) is 45.8. The van der Waals surface area contributed by atoms with Gasteiger partial charge in [0, 0.05) is 57.9 Å². The van der Waals surface area contributed by atoms with Crippen LogP contribution >= 0.6 is 0 Å². The minimum absolute atomic E-state index is 0.216. The van der Waals surface area contributed by atoms with Gasteiger partial charge in [0.2, 0.25) is 0 Å². The van der Waals surface area contributed by atoms with Crippen molar-refractivity contribution in [2.24, 2.45) is 9.98 Å². The molecule has 0 fully saturated rings. The minimum Gasteiger partial charge on any atom is -0.508 e. The first-order chi connectivity index (χ1) is 35.2. The predicted molar refractivity (Wildman–Crippen MR) is 292 cm³/mol. The Morgan fingerprint density at radius 3 is 1.38 bits per heavy atom. The molecule has 0 atom stereocenters. The van der Waals surface area contributed by atoms with E-state index in [9.17, 15) is 14.7 Å². The SMILES string of the molecule is Cc1ccc(NC(=O)Oc2ccc(C=Nc3ccc(N(c4ccc(N(c5ccc(N=Cc6ccc(O)cc6)cc5)c5ccc6ccccc6c5)cc4)c4ccc5ccccc5c4)cc3)cc2)cc1NC(=O)O. The topological polar surface area (TPSA) is 139 Å². The molecule has 11 heteroatoms. The van der Waals surface area contributed by atoms with E-state index in [1.807, 2.05) is 42.5 Å². The number of aliphatic imine (C=N–C) groups is 2. The molecule has 0 radical (unpaired) electrons. The number of nitrogens with zero attached hydrogens (tertiary/aromatic N) is 4. The van der Waals surface area contributed by atoms with Gasteiger partial charge in [0.1, 0.15) is 11.5 Å². The third kappa shape index (κ3) is 10.8. The van der Waals surface area contributed by atoms with E-state index in [2.05, 4.69) is 148 Å². The number of fused-ring (bicyclic) bond motifs is 2. The zero-order valence-corrected chi connectivity index (χ0v) is 38.9. The normalized spacial score (nSPS) is 11.2. The minimum atomic E-state index is -1.20. The average Bonchev–Trinajstić information content (AvgIpc) is 3.40. The number of carbonyl (C=O) groups excluding carboxylic acids is 1. The van der Waals surface area contributed by atoms with E-state index in [0.717, 1.165) is 78.2 Å². The summed E-state index contributed by atoms with van der Waals surface area (Å²) in [5.41, 5.74) is 10.6. The number of anilines is 8. The van der Waals surface area contributed by atoms with Gasteiger partial charge in [-0.1, -0.05) is 66.7 Å². The first-order valence-corrected chi connectivity index (χ1v) is 23.1. The van der Waals surface area contributed by atoms with Gasteiger partial charge >= 0.3 is 12.2 Å². The van der Waals surface area contributed by atoms with Crippen LogP contribution in [0.3, 0.4) is 0 Å². The highest BCUT2D eigenvalue weighted by atomic mass is 16.6. The summed E-state index contributed by atoms with van der Waals surface area (Å²) in [6, 6.07) is 73.4. The van der Waals surface area contributed by atoms with Crippen molar-refractivity contribution in [1.82, 2.24) is 0 Å². The Morgan fingerprint density at radius 2 is 0.903 bits per heavy atom. The lowest BCUT2D eigenvalue weighted by molar-refractivity contribution is 0.209. The number of carbonyl (C=O) groups is 2. The Balaban J connectivity index is 0.899. The number of hydrogen-bond donors (Lipinski definition) is 4. The summed E-state index contributed by atoms with van der Waals surface area (Å²) in [5.74, 6) is 0.546. The number of aryl methyl sites for hydroxylation is 1. The summed E-state index contributed by atoms with van der Waals surface area (Å²) in [6.07, 6.45) is 1.63. The van der Waals surface area contributed by atoms with Crippen LogP contribution in [0, 0.1) is 6.92 Å². The van der Waals surface area contributed by atoms with Crippen molar-refractivity contribution in [3.05, 3.63) is 241 Å². The molecule has 0 aliphatic carbocycles. The number of carboxylic acid groups (broad SMARTS) is 1. The molecule has 0 saturated carbocycles. The quantitative estimate of drug-likeness (QED) is 0.0844. The van der Waals surface area contributed by atoms with Gasteiger partial charge in [-0.3, -0.25) is 20.6 Å². The lowest BCUT2D eigenvalue weighted by Crippen LogP contribution is -2.17. The van der Waals surface area contributed by atoms with Crippen molar-refractivity contribution in [3.8, 4) is 11.5 Å². The lowest BCUT2D eigenvalue weighted by atomic mass is 10.1. The second-order valence-corrected chi connectivity index (χ2v) is 16.9. The van der Waals surface area contributed by atoms with Crippen molar-refractivity contribution in [1.29, 1.82) is 0 Å². The Labute approximate surface area is 415 Å². The molecular formula is C61H46N6O5. The van der Waals surface area contributed by atoms with Gasteiger partial charge in [0.25, 0.3) is 0 Å². The molecule has 10 aromatic rings. The second-order valence-electron chi connectivity index (χ2n) is 16.9. The van der Waals surface area contributed by atoms with Gasteiger partial charge in [-0.15, -0.1) is 0 Å². The van der Waals surface area contributed by atoms with E-state index >= 15 is 0 Å². The summed E-state index contributed by atoms with van der Waals surface area (Å²) < 4.78 is 5.47. The fourth-order valence-electron chi connectivity index (χ4n) is 8.33. The molecule has 0 aromatic heterocycles. The molecule has 0 spiro atoms. The number of aromatic hydroxyl groups is 1. The third-order valence-electron chi connectivity index (χ3n) is 12.0. The molecule has 0 aliphatic rings. The van der Waals surface area contributed by atoms with Gasteiger partial charge in [0.05, 0.1) is 11.4 Å². The molecule has 4 N–H and O–H groups in total. The largest absolute Gasteiger partial charge is 0.508 e. The number of phenolic OH excluding ortho intramolecular Hbond substituents is 1. The monoisotopic (exact) mass is 942 g/mol. The third-order valence-corrected chi connectivity index (χ3v) is 12.0. The maximum Gasteiger partial charge on any atom is 0.417 e. The van der Waals surface area contributed by atoms with E-state index in [1.165, 1.54) is 6.07 Å². The maximum absolute atomic E-state index is 12.7. The molecule has 0 saturated heterocycles. The Bertz CT molecular complexity index is 3620. The lowest BCUT2D eigenvalue weighted by Gasteiger charge is -2.28. The van der Waals surface area contributed by atoms with Gasteiger partial charge in [-0.05, 0) is 203 Å². The van der Waals surface area contributed by atoms with Crippen molar-refractivity contribution in [2.75, 3.05) is 20.4 Å². The molecule has 72 heavy (non-hydrogen) atoms. The molecule has 0 bridgehead atoms. The number of rotatable bonds is 13. The summed E-state index contributed by atoms with van der Waals surface area (Å²) in [6.45, 7) is 1.76. The van der Waals surface area contributed by atoms with E-state index in [-0.39, 0.29) is 5.75 Å². The number of phenols is 1. The molecular weight excluding hydrogens is 897 g/mol. The van der Waals surface area contributed by atoms with E-state index < -0.39 is 12.2 Å². The predicted octanol–water partition coefficient (Wildman–Crippen LogP) is 16.1. The number of benzene rings is 10. The van der Waals surface area contributed by atoms with Crippen LogP contribution in [0.4, 0.5) is 66.5 Å². The first-order valence-electron chi connectivity index (χ1n) is 23.1. The second kappa shape index (κ2) is 20.7. The van der Waals surface area contributed by atoms with Crippen LogP contribution in [0.5, 0.6) is 11.5 Å². The number of nitrogens with one attached hydrogen (secondary N) is 2. The van der Waals surface area contributed by atoms with Crippen LogP contribution in [-0.2, 0) is 0 Å². The highest BCUT2D eigenvalue weighted by molar-refractivity contribution is 5.93. The van der Waals surface area contributed by atoms with Crippen molar-refractivity contribution in [3.63, 3.8) is 0 Å². The van der Waals surface area contributed by atoms with Crippen molar-refractivity contribution < 1.29 is 24.5 Å². The summed E-state index contributed by atoms with van der Waals surface area (Å²) >= 11 is 0. The van der Waals surface area contributed by atoms with Gasteiger partial charge in [0.15, 0.2) is 0 Å². The molecule has 2 amide bonds. The summed E-state index contributed by atoms with van der Waals surface area (Å²) in [7, 11) is 0. The maximum atomic E-state index is 12.7. The molecule has 0 heterocycles.